The molecule has 1 amide bonds. The van der Waals surface area contributed by atoms with Crippen molar-refractivity contribution in [3.05, 3.63) is 53.9 Å². The van der Waals surface area contributed by atoms with Gasteiger partial charge in [-0.3, -0.25) is 9.78 Å². The summed E-state index contributed by atoms with van der Waals surface area (Å²) in [7, 11) is 0. The summed E-state index contributed by atoms with van der Waals surface area (Å²) in [5, 5.41) is 11.6. The molecule has 4 bridgehead atoms. The van der Waals surface area contributed by atoms with Crippen molar-refractivity contribution in [3.8, 4) is 0 Å². The minimum atomic E-state index is -4.65. The van der Waals surface area contributed by atoms with Gasteiger partial charge in [-0.05, 0) is 68.6 Å². The molecule has 0 radical (unpaired) electrons. The highest BCUT2D eigenvalue weighted by Crippen LogP contribution is 2.56. The smallest absolute Gasteiger partial charge is 0.433 e. The third-order valence-electron chi connectivity index (χ3n) is 6.52. The fourth-order valence-corrected chi connectivity index (χ4v) is 5.90. The van der Waals surface area contributed by atoms with Gasteiger partial charge >= 0.3 is 12.1 Å². The van der Waals surface area contributed by atoms with E-state index in [1.54, 1.807) is 12.3 Å². The second-order valence-electron chi connectivity index (χ2n) is 9.34. The van der Waals surface area contributed by atoms with Crippen molar-refractivity contribution in [2.24, 2.45) is 17.6 Å². The predicted molar refractivity (Wildman–Crippen MR) is 110 cm³/mol. The van der Waals surface area contributed by atoms with Crippen molar-refractivity contribution in [1.82, 2.24) is 20.3 Å². The first kappa shape index (κ1) is 23.1. The van der Waals surface area contributed by atoms with Crippen molar-refractivity contribution in [3.63, 3.8) is 0 Å². The van der Waals surface area contributed by atoms with Gasteiger partial charge in [0, 0.05) is 23.5 Å². The molecular weight excluding hydrogens is 439 g/mol. The van der Waals surface area contributed by atoms with Crippen LogP contribution < -0.4 is 11.1 Å². The fourth-order valence-electron chi connectivity index (χ4n) is 5.90. The Morgan fingerprint density at radius 2 is 1.76 bits per heavy atom. The average molecular weight is 463 g/mol. The molecule has 2 aromatic rings. The molecule has 4 aliphatic rings. The van der Waals surface area contributed by atoms with Gasteiger partial charge in [0.1, 0.15) is 11.4 Å². The fraction of sp³-hybridized carbons (Fsp3) is 0.500. The lowest BCUT2D eigenvalue weighted by Gasteiger charge is -2.61. The summed E-state index contributed by atoms with van der Waals surface area (Å²) >= 11 is 0. The van der Waals surface area contributed by atoms with Crippen molar-refractivity contribution in [1.29, 1.82) is 0 Å². The first-order valence-electron chi connectivity index (χ1n) is 10.6. The number of hydrogen-bond donors (Lipinski definition) is 3. The second kappa shape index (κ2) is 8.36. The van der Waals surface area contributed by atoms with Crippen LogP contribution in [-0.2, 0) is 6.18 Å². The Balaban J connectivity index is 0.000000174. The number of nitrogens with one attached hydrogen (secondary N) is 1. The Bertz CT molecular complexity index is 1030. The highest BCUT2D eigenvalue weighted by molar-refractivity contribution is 5.92. The molecule has 2 heterocycles. The number of aromatic nitrogens is 3. The number of amides is 1. The van der Waals surface area contributed by atoms with E-state index in [0.29, 0.717) is 23.6 Å². The molecular formula is C22H24F3N5O3. The summed E-state index contributed by atoms with van der Waals surface area (Å²) in [6, 6.07) is 6.06. The lowest BCUT2D eigenvalue weighted by atomic mass is 9.50. The number of pyridine rings is 1. The third-order valence-corrected chi connectivity index (χ3v) is 6.52. The molecule has 6 rings (SSSR count). The van der Waals surface area contributed by atoms with E-state index in [1.807, 2.05) is 12.1 Å². The number of carboxylic acid groups (broad SMARTS) is 1. The molecule has 11 heteroatoms. The van der Waals surface area contributed by atoms with Crippen LogP contribution in [0.15, 0.2) is 36.7 Å². The molecule has 33 heavy (non-hydrogen) atoms. The van der Waals surface area contributed by atoms with Crippen molar-refractivity contribution in [2.45, 2.75) is 55.8 Å². The van der Waals surface area contributed by atoms with Crippen molar-refractivity contribution < 1.29 is 27.9 Å². The maximum atomic E-state index is 12.4. The summed E-state index contributed by atoms with van der Waals surface area (Å²) in [4.78, 5) is 32.7. The van der Waals surface area contributed by atoms with E-state index >= 15 is 0 Å². The molecule has 176 valence electrons. The number of hydrogen-bond acceptors (Lipinski definition) is 6. The van der Waals surface area contributed by atoms with E-state index in [0.717, 1.165) is 38.3 Å². The van der Waals surface area contributed by atoms with Gasteiger partial charge in [0.25, 0.3) is 5.91 Å². The second-order valence-corrected chi connectivity index (χ2v) is 9.34. The summed E-state index contributed by atoms with van der Waals surface area (Å²) in [6.45, 7) is 0. The molecule has 2 unspecified atom stereocenters. The van der Waals surface area contributed by atoms with Crippen LogP contribution in [0.1, 0.15) is 65.3 Å². The first-order chi connectivity index (χ1) is 15.5. The number of alkyl halides is 3. The van der Waals surface area contributed by atoms with Crippen LogP contribution in [0.4, 0.5) is 13.2 Å². The molecule has 4 aliphatic carbocycles. The summed E-state index contributed by atoms with van der Waals surface area (Å²) in [5.74, 6) is -1.10. The largest absolute Gasteiger partial charge is 0.475 e. The SMILES string of the molecule is NC12CC3CC(C1)CC(NC(=O)c1ccccn1)(C3)C2.O=C(O)c1nccc(C(F)(F)F)n1. The molecule has 0 saturated heterocycles. The predicted octanol–water partition coefficient (Wildman–Crippen LogP) is 3.06. The Morgan fingerprint density at radius 3 is 2.30 bits per heavy atom. The Morgan fingerprint density at radius 1 is 1.06 bits per heavy atom. The summed E-state index contributed by atoms with van der Waals surface area (Å²) in [6.07, 6.45) is 4.49. The number of halogens is 3. The zero-order chi connectivity index (χ0) is 23.9. The number of carboxylic acids is 1. The van der Waals surface area contributed by atoms with Crippen molar-refractivity contribution >= 4 is 11.9 Å². The standard InChI is InChI=1S/C16H21N3O.C6H3F3N2O2/c17-15-6-11-5-12(7-15)9-16(8-11,10-15)19-14(20)13-3-1-2-4-18-13;7-6(8,9)3-1-2-10-4(11-3)5(12)13/h1-4,11-12H,5-10,17H2,(H,19,20);1-2H,(H,12,13). The third kappa shape index (κ3) is 5.13. The van der Waals surface area contributed by atoms with Crippen molar-refractivity contribution in [2.75, 3.05) is 0 Å². The van der Waals surface area contributed by atoms with Gasteiger partial charge in [-0.1, -0.05) is 6.07 Å². The topological polar surface area (TPSA) is 131 Å². The van der Waals surface area contributed by atoms with Gasteiger partial charge in [-0.25, -0.2) is 14.8 Å². The molecule has 0 aromatic carbocycles. The Kier molecular flexibility index (Phi) is 5.85. The molecule has 2 atom stereocenters. The van der Waals surface area contributed by atoms with E-state index in [2.05, 4.69) is 20.3 Å². The summed E-state index contributed by atoms with van der Waals surface area (Å²) < 4.78 is 35.8. The van der Waals surface area contributed by atoms with Crippen LogP contribution in [0.2, 0.25) is 0 Å². The monoisotopic (exact) mass is 463 g/mol. The molecule has 4 saturated carbocycles. The minimum absolute atomic E-state index is 0.0402. The molecule has 4 N–H and O–H groups in total. The summed E-state index contributed by atoms with van der Waals surface area (Å²) in [5.41, 5.74) is 5.68. The zero-order valence-corrected chi connectivity index (χ0v) is 17.7. The van der Waals surface area contributed by atoms with E-state index in [4.69, 9.17) is 10.8 Å². The maximum absolute atomic E-state index is 12.4. The number of nitrogens with two attached hydrogens (primary N) is 1. The number of carbonyl (C=O) groups is 2. The maximum Gasteiger partial charge on any atom is 0.433 e. The molecule has 2 aromatic heterocycles. The average Bonchev–Trinajstić information content (AvgIpc) is 2.72. The number of aromatic carboxylic acids is 1. The van der Waals surface area contributed by atoms with Crippen LogP contribution in [0, 0.1) is 11.8 Å². The van der Waals surface area contributed by atoms with E-state index < -0.39 is 23.7 Å². The van der Waals surface area contributed by atoms with Gasteiger partial charge < -0.3 is 16.2 Å². The van der Waals surface area contributed by atoms with Gasteiger partial charge in [0.2, 0.25) is 5.82 Å². The van der Waals surface area contributed by atoms with Crippen LogP contribution >= 0.6 is 0 Å². The quantitative estimate of drug-likeness (QED) is 0.638. The van der Waals surface area contributed by atoms with Gasteiger partial charge in [-0.2, -0.15) is 13.2 Å². The lowest BCUT2D eigenvalue weighted by molar-refractivity contribution is -0.141. The Hall–Kier alpha value is -3.08. The van der Waals surface area contributed by atoms with E-state index in [-0.39, 0.29) is 17.0 Å². The minimum Gasteiger partial charge on any atom is -0.475 e. The molecule has 8 nitrogen and oxygen atoms in total. The molecule has 4 fully saturated rings. The Labute approximate surface area is 187 Å². The first-order valence-corrected chi connectivity index (χ1v) is 10.6. The van der Waals surface area contributed by atoms with Gasteiger partial charge in [-0.15, -0.1) is 0 Å². The number of rotatable bonds is 3. The number of carbonyl (C=O) groups excluding carboxylic acids is 1. The highest BCUT2D eigenvalue weighted by atomic mass is 19.4. The number of nitrogens with zero attached hydrogens (tertiary/aromatic N) is 3. The normalized spacial score (nSPS) is 29.7. The molecule has 0 spiro atoms. The van der Waals surface area contributed by atoms with Gasteiger partial charge in [0.15, 0.2) is 0 Å². The van der Waals surface area contributed by atoms with E-state index in [1.165, 1.54) is 6.42 Å². The highest BCUT2D eigenvalue weighted by Gasteiger charge is 2.56. The van der Waals surface area contributed by atoms with Crippen LogP contribution in [0.5, 0.6) is 0 Å². The lowest BCUT2D eigenvalue weighted by Crippen LogP contribution is -2.68. The van der Waals surface area contributed by atoms with E-state index in [9.17, 15) is 22.8 Å². The van der Waals surface area contributed by atoms with Crippen LogP contribution in [-0.4, -0.2) is 43.0 Å². The molecule has 0 aliphatic heterocycles. The van der Waals surface area contributed by atoms with Crippen LogP contribution in [0.25, 0.3) is 0 Å². The van der Waals surface area contributed by atoms with Crippen LogP contribution in [0.3, 0.4) is 0 Å². The zero-order valence-electron chi connectivity index (χ0n) is 17.7. The van der Waals surface area contributed by atoms with Gasteiger partial charge in [0.05, 0.1) is 0 Å².